The van der Waals surface area contributed by atoms with Crippen LogP contribution in [0.25, 0.3) is 21.8 Å². The number of benzene rings is 2. The summed E-state index contributed by atoms with van der Waals surface area (Å²) < 4.78 is 13.9. The van der Waals surface area contributed by atoms with Crippen molar-refractivity contribution in [2.24, 2.45) is 0 Å². The number of hydrogen-bond donors (Lipinski definition) is 2. The highest BCUT2D eigenvalue weighted by Gasteiger charge is 2.23. The van der Waals surface area contributed by atoms with Crippen molar-refractivity contribution >= 4 is 33.4 Å². The van der Waals surface area contributed by atoms with E-state index in [4.69, 9.17) is 11.6 Å². The largest absolute Gasteiger partial charge is 0.361 e. The quantitative estimate of drug-likeness (QED) is 0.502. The van der Waals surface area contributed by atoms with Gasteiger partial charge in [-0.2, -0.15) is 0 Å². The van der Waals surface area contributed by atoms with E-state index in [1.54, 1.807) is 12.1 Å². The maximum Gasteiger partial charge on any atom is 0.261 e. The van der Waals surface area contributed by atoms with Gasteiger partial charge >= 0.3 is 0 Å². The molecule has 5 nitrogen and oxygen atoms in total. The molecule has 1 saturated heterocycles. The van der Waals surface area contributed by atoms with Gasteiger partial charge in [0, 0.05) is 34.6 Å². The minimum atomic E-state index is -0.527. The maximum atomic E-state index is 13.9. The third-order valence-electron chi connectivity index (χ3n) is 6.10. The van der Waals surface area contributed by atoms with Crippen LogP contribution in [-0.4, -0.2) is 39.5 Å². The van der Waals surface area contributed by atoms with Crippen LogP contribution >= 0.6 is 11.6 Å². The Bertz CT molecular complexity index is 1270. The fourth-order valence-electron chi connectivity index (χ4n) is 4.43. The smallest absolute Gasteiger partial charge is 0.261 e. The van der Waals surface area contributed by atoms with Gasteiger partial charge in [-0.05, 0) is 68.2 Å². The summed E-state index contributed by atoms with van der Waals surface area (Å²) in [7, 11) is 0. The molecule has 7 heteroatoms. The van der Waals surface area contributed by atoms with Gasteiger partial charge in [0.2, 0.25) is 0 Å². The van der Waals surface area contributed by atoms with E-state index in [9.17, 15) is 9.18 Å². The standard InChI is InChI=1S/C23H22ClFN4O/c24-16-4-5-19-17(12-16)15(13-26-19)8-11-29-9-6-14(7-10-29)22-27-20-3-1-2-18(25)21(20)23(30)28-22/h1-5,12-14,26H,6-11H2,(H,27,28,30). The molecule has 2 N–H and O–H groups in total. The van der Waals surface area contributed by atoms with Gasteiger partial charge < -0.3 is 14.9 Å². The molecule has 1 aliphatic heterocycles. The number of aromatic nitrogens is 3. The summed E-state index contributed by atoms with van der Waals surface area (Å²) >= 11 is 6.15. The normalized spacial score (nSPS) is 15.9. The van der Waals surface area contributed by atoms with Crippen molar-refractivity contribution in [2.75, 3.05) is 19.6 Å². The summed E-state index contributed by atoms with van der Waals surface area (Å²) in [6.45, 7) is 2.86. The highest BCUT2D eigenvalue weighted by molar-refractivity contribution is 6.31. The summed E-state index contributed by atoms with van der Waals surface area (Å²) in [6.07, 6.45) is 4.86. The lowest BCUT2D eigenvalue weighted by atomic mass is 9.95. The van der Waals surface area contributed by atoms with Crippen LogP contribution in [0, 0.1) is 5.82 Å². The first-order valence-electron chi connectivity index (χ1n) is 10.2. The molecular weight excluding hydrogens is 403 g/mol. The third kappa shape index (κ3) is 3.61. The van der Waals surface area contributed by atoms with E-state index >= 15 is 0 Å². The van der Waals surface area contributed by atoms with Gasteiger partial charge in [0.25, 0.3) is 5.56 Å². The van der Waals surface area contributed by atoms with Crippen molar-refractivity contribution < 1.29 is 4.39 Å². The fourth-order valence-corrected chi connectivity index (χ4v) is 4.60. The van der Waals surface area contributed by atoms with Crippen LogP contribution in [-0.2, 0) is 6.42 Å². The zero-order chi connectivity index (χ0) is 20.7. The Kier molecular flexibility index (Phi) is 5.05. The topological polar surface area (TPSA) is 64.8 Å². The molecule has 2 aromatic heterocycles. The molecule has 0 atom stereocenters. The molecule has 3 heterocycles. The van der Waals surface area contributed by atoms with Crippen molar-refractivity contribution in [3.8, 4) is 0 Å². The first kappa shape index (κ1) is 19.3. The van der Waals surface area contributed by atoms with Crippen LogP contribution in [0.2, 0.25) is 5.02 Å². The van der Waals surface area contributed by atoms with Crippen LogP contribution in [0.3, 0.4) is 0 Å². The molecule has 0 radical (unpaired) electrons. The number of rotatable bonds is 4. The molecule has 0 spiro atoms. The van der Waals surface area contributed by atoms with Gasteiger partial charge in [-0.1, -0.05) is 17.7 Å². The monoisotopic (exact) mass is 424 g/mol. The number of H-pyrrole nitrogens is 2. The molecule has 5 rings (SSSR count). The molecule has 30 heavy (non-hydrogen) atoms. The summed E-state index contributed by atoms with van der Waals surface area (Å²) in [6, 6.07) is 10.5. The van der Waals surface area contributed by atoms with E-state index in [0.717, 1.165) is 49.4 Å². The highest BCUT2D eigenvalue weighted by atomic mass is 35.5. The minimum absolute atomic E-state index is 0.0394. The van der Waals surface area contributed by atoms with E-state index in [1.807, 2.05) is 18.2 Å². The lowest BCUT2D eigenvalue weighted by Gasteiger charge is -2.31. The number of nitrogens with one attached hydrogen (secondary N) is 2. The number of hydrogen-bond acceptors (Lipinski definition) is 3. The van der Waals surface area contributed by atoms with E-state index in [0.29, 0.717) is 11.3 Å². The summed E-state index contributed by atoms with van der Waals surface area (Å²) in [5, 5.41) is 1.97. The summed E-state index contributed by atoms with van der Waals surface area (Å²) in [4.78, 5) is 25.4. The van der Waals surface area contributed by atoms with Gasteiger partial charge in [0.1, 0.15) is 17.0 Å². The number of halogens is 2. The predicted octanol–water partition coefficient (Wildman–Crippen LogP) is 4.62. The second-order valence-electron chi connectivity index (χ2n) is 7.95. The Labute approximate surface area is 177 Å². The molecule has 0 aliphatic carbocycles. The number of likely N-dealkylation sites (tertiary alicyclic amines) is 1. The Morgan fingerprint density at radius 3 is 2.87 bits per heavy atom. The summed E-state index contributed by atoms with van der Waals surface area (Å²) in [5.74, 6) is 0.332. The average Bonchev–Trinajstić information content (AvgIpc) is 3.14. The Hall–Kier alpha value is -2.70. The van der Waals surface area contributed by atoms with Crippen molar-refractivity contribution in [2.45, 2.75) is 25.2 Å². The Morgan fingerprint density at radius 2 is 2.03 bits per heavy atom. The second-order valence-corrected chi connectivity index (χ2v) is 8.39. The second kappa shape index (κ2) is 7.85. The van der Waals surface area contributed by atoms with E-state index in [1.165, 1.54) is 17.0 Å². The van der Waals surface area contributed by atoms with Gasteiger partial charge in [0.15, 0.2) is 0 Å². The van der Waals surface area contributed by atoms with Crippen molar-refractivity contribution in [1.29, 1.82) is 0 Å². The molecule has 0 saturated carbocycles. The van der Waals surface area contributed by atoms with Crippen LogP contribution in [0.1, 0.15) is 30.1 Å². The van der Waals surface area contributed by atoms with Gasteiger partial charge in [0.05, 0.1) is 5.52 Å². The molecule has 0 unspecified atom stereocenters. The third-order valence-corrected chi connectivity index (χ3v) is 6.34. The number of piperidine rings is 1. The zero-order valence-corrected chi connectivity index (χ0v) is 17.2. The first-order chi connectivity index (χ1) is 14.6. The zero-order valence-electron chi connectivity index (χ0n) is 16.4. The van der Waals surface area contributed by atoms with Crippen LogP contribution in [0.4, 0.5) is 4.39 Å². The number of fused-ring (bicyclic) bond motifs is 2. The van der Waals surface area contributed by atoms with Crippen molar-refractivity contribution in [3.05, 3.63) is 75.2 Å². The molecule has 4 aromatic rings. The number of nitrogens with zero attached hydrogens (tertiary/aromatic N) is 2. The van der Waals surface area contributed by atoms with Crippen LogP contribution < -0.4 is 5.56 Å². The lowest BCUT2D eigenvalue weighted by molar-refractivity contribution is 0.211. The van der Waals surface area contributed by atoms with Crippen molar-refractivity contribution in [1.82, 2.24) is 19.9 Å². The first-order valence-corrected chi connectivity index (χ1v) is 10.6. The van der Waals surface area contributed by atoms with Gasteiger partial charge in [-0.25, -0.2) is 9.37 Å². The minimum Gasteiger partial charge on any atom is -0.361 e. The molecule has 2 aromatic carbocycles. The molecule has 1 fully saturated rings. The highest BCUT2D eigenvalue weighted by Crippen LogP contribution is 2.27. The maximum absolute atomic E-state index is 13.9. The van der Waals surface area contributed by atoms with Gasteiger partial charge in [-0.3, -0.25) is 4.79 Å². The van der Waals surface area contributed by atoms with Gasteiger partial charge in [-0.15, -0.1) is 0 Å². The Balaban J connectivity index is 1.25. The molecule has 154 valence electrons. The molecule has 0 bridgehead atoms. The van der Waals surface area contributed by atoms with E-state index < -0.39 is 11.4 Å². The fraction of sp³-hybridized carbons (Fsp3) is 0.304. The molecule has 0 amide bonds. The van der Waals surface area contributed by atoms with Crippen LogP contribution in [0.15, 0.2) is 47.4 Å². The number of aromatic amines is 2. The average molecular weight is 425 g/mol. The van der Waals surface area contributed by atoms with Crippen molar-refractivity contribution in [3.63, 3.8) is 0 Å². The molecular formula is C23H22ClFN4O. The summed E-state index contributed by atoms with van der Waals surface area (Å²) in [5.41, 5.74) is 2.41. The van der Waals surface area contributed by atoms with E-state index in [-0.39, 0.29) is 11.3 Å². The van der Waals surface area contributed by atoms with E-state index in [2.05, 4.69) is 26.0 Å². The molecule has 1 aliphatic rings. The lowest BCUT2D eigenvalue weighted by Crippen LogP contribution is -2.35. The Morgan fingerprint density at radius 1 is 1.20 bits per heavy atom. The SMILES string of the molecule is O=c1[nH]c(C2CCN(CCc3c[nH]c4ccc(Cl)cc34)CC2)nc2cccc(F)c12. The van der Waals surface area contributed by atoms with Crippen LogP contribution in [0.5, 0.6) is 0 Å². The predicted molar refractivity (Wildman–Crippen MR) is 118 cm³/mol.